The second-order valence-corrected chi connectivity index (χ2v) is 5.95. The minimum atomic E-state index is -0.513. The van der Waals surface area contributed by atoms with Gasteiger partial charge in [0.15, 0.2) is 0 Å². The lowest BCUT2D eigenvalue weighted by atomic mass is 9.97. The number of anilines is 1. The van der Waals surface area contributed by atoms with E-state index in [4.69, 9.17) is 5.73 Å². The summed E-state index contributed by atoms with van der Waals surface area (Å²) >= 11 is 0. The van der Waals surface area contributed by atoms with Crippen LogP contribution in [0.3, 0.4) is 0 Å². The molecule has 1 amide bonds. The number of carbonyl (C=O) groups is 1. The number of hydrogen-bond acceptors (Lipinski definition) is 4. The first-order valence-corrected chi connectivity index (χ1v) is 7.15. The number of fused-ring (bicyclic) bond motifs is 1. The summed E-state index contributed by atoms with van der Waals surface area (Å²) in [7, 11) is 0. The highest BCUT2D eigenvalue weighted by atomic mass is 16.2. The maximum atomic E-state index is 12.0. The van der Waals surface area contributed by atoms with Gasteiger partial charge in [-0.3, -0.25) is 14.7 Å². The topological polar surface area (TPSA) is 71.2 Å². The van der Waals surface area contributed by atoms with Gasteiger partial charge in [-0.25, -0.2) is 0 Å². The van der Waals surface area contributed by atoms with Gasteiger partial charge in [-0.05, 0) is 37.6 Å². The molecule has 2 heterocycles. The molecule has 0 radical (unpaired) electrons. The van der Waals surface area contributed by atoms with Gasteiger partial charge in [0.05, 0.1) is 11.1 Å². The minimum absolute atomic E-state index is 0.0708. The van der Waals surface area contributed by atoms with Gasteiger partial charge < -0.3 is 11.1 Å². The van der Waals surface area contributed by atoms with Crippen molar-refractivity contribution in [3.05, 3.63) is 36.0 Å². The fourth-order valence-corrected chi connectivity index (χ4v) is 2.81. The van der Waals surface area contributed by atoms with Crippen LogP contribution in [0.1, 0.15) is 19.4 Å². The Balaban J connectivity index is 1.99. The van der Waals surface area contributed by atoms with Crippen LogP contribution in [0.2, 0.25) is 0 Å². The summed E-state index contributed by atoms with van der Waals surface area (Å²) in [5.74, 6) is 0.0708. The van der Waals surface area contributed by atoms with Crippen LogP contribution in [0.25, 0.3) is 10.9 Å². The van der Waals surface area contributed by atoms with E-state index < -0.39 is 5.54 Å². The second-order valence-electron chi connectivity index (χ2n) is 5.95. The number of hydrogen-bond donors (Lipinski definition) is 2. The molecule has 21 heavy (non-hydrogen) atoms. The number of pyridine rings is 1. The molecule has 110 valence electrons. The molecule has 1 saturated heterocycles. The van der Waals surface area contributed by atoms with Gasteiger partial charge in [0.25, 0.3) is 0 Å². The Morgan fingerprint density at radius 1 is 1.38 bits per heavy atom. The van der Waals surface area contributed by atoms with Crippen LogP contribution in [0, 0.1) is 0 Å². The lowest BCUT2D eigenvalue weighted by molar-refractivity contribution is -0.135. The minimum Gasteiger partial charge on any atom is -0.398 e. The van der Waals surface area contributed by atoms with Gasteiger partial charge in [-0.15, -0.1) is 0 Å². The molecule has 1 fully saturated rings. The van der Waals surface area contributed by atoms with Crippen molar-refractivity contribution in [2.45, 2.75) is 25.9 Å². The molecular formula is C16H20N4O. The Labute approximate surface area is 124 Å². The van der Waals surface area contributed by atoms with Crippen molar-refractivity contribution < 1.29 is 4.79 Å². The summed E-state index contributed by atoms with van der Waals surface area (Å²) in [5, 5.41) is 3.89. The third-order valence-corrected chi connectivity index (χ3v) is 4.26. The average molecular weight is 284 g/mol. The Hall–Kier alpha value is -2.14. The third-order valence-electron chi connectivity index (χ3n) is 4.26. The average Bonchev–Trinajstić information content (AvgIpc) is 2.47. The molecule has 0 atom stereocenters. The zero-order valence-corrected chi connectivity index (χ0v) is 12.4. The number of aromatic nitrogens is 1. The van der Waals surface area contributed by atoms with Gasteiger partial charge >= 0.3 is 0 Å². The van der Waals surface area contributed by atoms with Crippen molar-refractivity contribution in [3.63, 3.8) is 0 Å². The molecule has 1 aliphatic heterocycles. The number of amides is 1. The van der Waals surface area contributed by atoms with Gasteiger partial charge in [0, 0.05) is 36.9 Å². The Bertz CT molecular complexity index is 696. The summed E-state index contributed by atoms with van der Waals surface area (Å²) < 4.78 is 0. The number of rotatable bonds is 2. The van der Waals surface area contributed by atoms with E-state index in [1.54, 1.807) is 6.20 Å². The van der Waals surface area contributed by atoms with Crippen LogP contribution in [0.4, 0.5) is 5.69 Å². The van der Waals surface area contributed by atoms with E-state index >= 15 is 0 Å². The van der Waals surface area contributed by atoms with Crippen molar-refractivity contribution in [2.24, 2.45) is 0 Å². The summed E-state index contributed by atoms with van der Waals surface area (Å²) in [6.07, 6.45) is 1.78. The Morgan fingerprint density at radius 2 is 2.19 bits per heavy atom. The number of nitrogen functional groups attached to an aromatic ring is 1. The lowest BCUT2D eigenvalue weighted by Gasteiger charge is -2.41. The largest absolute Gasteiger partial charge is 0.398 e. The predicted molar refractivity (Wildman–Crippen MR) is 83.7 cm³/mol. The molecule has 1 aliphatic rings. The highest BCUT2D eigenvalue weighted by molar-refractivity contribution is 5.92. The van der Waals surface area contributed by atoms with Gasteiger partial charge in [0.1, 0.15) is 0 Å². The lowest BCUT2D eigenvalue weighted by Crippen LogP contribution is -2.61. The highest BCUT2D eigenvalue weighted by Crippen LogP contribution is 2.26. The molecule has 3 rings (SSSR count). The normalized spacial score (nSPS) is 18.7. The van der Waals surface area contributed by atoms with E-state index in [2.05, 4.69) is 15.2 Å². The van der Waals surface area contributed by atoms with E-state index in [9.17, 15) is 4.79 Å². The monoisotopic (exact) mass is 284 g/mol. The molecule has 0 aliphatic carbocycles. The Morgan fingerprint density at radius 3 is 3.00 bits per heavy atom. The fraction of sp³-hybridized carbons (Fsp3) is 0.375. The van der Waals surface area contributed by atoms with Crippen LogP contribution in [0.5, 0.6) is 0 Å². The number of carbonyl (C=O) groups excluding carboxylic acids is 1. The maximum absolute atomic E-state index is 12.0. The molecule has 1 aromatic carbocycles. The molecule has 0 unspecified atom stereocenters. The molecule has 3 N–H and O–H groups in total. The molecule has 5 heteroatoms. The van der Waals surface area contributed by atoms with E-state index in [0.29, 0.717) is 13.1 Å². The summed E-state index contributed by atoms with van der Waals surface area (Å²) in [6.45, 7) is 6.11. The number of nitrogens with one attached hydrogen (secondary N) is 1. The quantitative estimate of drug-likeness (QED) is 0.820. The van der Waals surface area contributed by atoms with Gasteiger partial charge in [-0.1, -0.05) is 6.07 Å². The third kappa shape index (κ3) is 2.34. The summed E-state index contributed by atoms with van der Waals surface area (Å²) in [5.41, 5.74) is 8.25. The first kappa shape index (κ1) is 13.8. The van der Waals surface area contributed by atoms with Gasteiger partial charge in [-0.2, -0.15) is 0 Å². The molecule has 5 nitrogen and oxygen atoms in total. The molecular weight excluding hydrogens is 264 g/mol. The first-order valence-electron chi connectivity index (χ1n) is 7.15. The van der Waals surface area contributed by atoms with E-state index in [1.165, 1.54) is 0 Å². The zero-order chi connectivity index (χ0) is 15.0. The molecule has 1 aromatic heterocycles. The van der Waals surface area contributed by atoms with E-state index in [-0.39, 0.29) is 5.91 Å². The number of nitrogens with two attached hydrogens (primary N) is 1. The van der Waals surface area contributed by atoms with E-state index in [0.717, 1.165) is 28.7 Å². The van der Waals surface area contributed by atoms with Crippen molar-refractivity contribution in [1.29, 1.82) is 0 Å². The summed E-state index contributed by atoms with van der Waals surface area (Å²) in [4.78, 5) is 18.7. The Kier molecular flexibility index (Phi) is 3.29. The fourth-order valence-electron chi connectivity index (χ4n) is 2.81. The van der Waals surface area contributed by atoms with Crippen LogP contribution < -0.4 is 11.1 Å². The first-order chi connectivity index (χ1) is 10.00. The van der Waals surface area contributed by atoms with Crippen LogP contribution in [-0.4, -0.2) is 34.4 Å². The van der Waals surface area contributed by atoms with Crippen molar-refractivity contribution in [1.82, 2.24) is 15.2 Å². The molecule has 0 saturated carbocycles. The maximum Gasteiger partial charge on any atom is 0.240 e. The number of benzene rings is 1. The van der Waals surface area contributed by atoms with Gasteiger partial charge in [0.2, 0.25) is 5.91 Å². The number of piperazine rings is 1. The molecule has 0 spiro atoms. The standard InChI is InChI=1S/C16H20N4O/c1-16(2)15(21)19-8-9-20(16)10-11-5-6-13(17)12-4-3-7-18-14(11)12/h3-7H,8-10,17H2,1-2H3,(H,19,21). The highest BCUT2D eigenvalue weighted by Gasteiger charge is 2.37. The zero-order valence-electron chi connectivity index (χ0n) is 12.4. The van der Waals surface area contributed by atoms with Crippen molar-refractivity contribution in [3.8, 4) is 0 Å². The SMILES string of the molecule is CC1(C)C(=O)NCCN1Cc1ccc(N)c2cccnc12. The van der Waals surface area contributed by atoms with Crippen LogP contribution >= 0.6 is 0 Å². The van der Waals surface area contributed by atoms with Crippen LogP contribution in [-0.2, 0) is 11.3 Å². The number of nitrogens with zero attached hydrogens (tertiary/aromatic N) is 2. The summed E-state index contributed by atoms with van der Waals surface area (Å²) in [6, 6.07) is 7.79. The van der Waals surface area contributed by atoms with Crippen molar-refractivity contribution in [2.75, 3.05) is 18.8 Å². The van der Waals surface area contributed by atoms with E-state index in [1.807, 2.05) is 38.1 Å². The molecule has 2 aromatic rings. The van der Waals surface area contributed by atoms with Crippen molar-refractivity contribution >= 4 is 22.5 Å². The smallest absolute Gasteiger partial charge is 0.240 e. The molecule has 0 bridgehead atoms. The predicted octanol–water partition coefficient (Wildman–Crippen LogP) is 1.53. The van der Waals surface area contributed by atoms with Crippen LogP contribution in [0.15, 0.2) is 30.5 Å². The second kappa shape index (κ2) is 5.00.